The Morgan fingerprint density at radius 1 is 1.39 bits per heavy atom. The van der Waals surface area contributed by atoms with Crippen LogP contribution in [-0.4, -0.2) is 15.6 Å². The predicted octanol–water partition coefficient (Wildman–Crippen LogP) is 2.93. The van der Waals surface area contributed by atoms with Crippen LogP contribution in [-0.2, 0) is 0 Å². The number of hydrogen-bond acceptors (Lipinski definition) is 2. The lowest BCUT2D eigenvalue weighted by molar-refractivity contribution is 0.0695. The number of para-hydroxylation sites is 1. The Kier molecular flexibility index (Phi) is 3.13. The lowest BCUT2D eigenvalue weighted by Crippen LogP contribution is -2.19. The maximum absolute atomic E-state index is 12.0. The van der Waals surface area contributed by atoms with Gasteiger partial charge in [-0.25, -0.2) is 4.79 Å². The molecule has 0 unspecified atom stereocenters. The second kappa shape index (κ2) is 4.46. The van der Waals surface area contributed by atoms with Gasteiger partial charge in [-0.05, 0) is 26.0 Å². The number of rotatable bonds is 2. The highest BCUT2D eigenvalue weighted by Gasteiger charge is 2.16. The van der Waals surface area contributed by atoms with E-state index in [0.717, 1.165) is 0 Å². The molecular weight excluding hydrogens is 254 g/mol. The standard InChI is InChI=1S/C13H12ClNO3/c1-7(2)15-6-9(13(17)18)12(16)8-4-3-5-10(14)11(8)15/h3-7H,1-2H3,(H,17,18). The Bertz CT molecular complexity index is 688. The van der Waals surface area contributed by atoms with Gasteiger partial charge in [0.2, 0.25) is 5.43 Å². The number of carboxylic acids is 1. The molecule has 0 amide bonds. The largest absolute Gasteiger partial charge is 0.477 e. The van der Waals surface area contributed by atoms with Gasteiger partial charge in [-0.3, -0.25) is 4.79 Å². The van der Waals surface area contributed by atoms with E-state index in [0.29, 0.717) is 15.9 Å². The van der Waals surface area contributed by atoms with Crippen molar-refractivity contribution in [1.29, 1.82) is 0 Å². The first-order valence-corrected chi connectivity index (χ1v) is 5.88. The second-order valence-corrected chi connectivity index (χ2v) is 4.72. The van der Waals surface area contributed by atoms with Gasteiger partial charge in [0.15, 0.2) is 0 Å². The average Bonchev–Trinajstić information content (AvgIpc) is 2.29. The van der Waals surface area contributed by atoms with E-state index in [2.05, 4.69) is 0 Å². The molecule has 0 aliphatic carbocycles. The summed E-state index contributed by atoms with van der Waals surface area (Å²) in [6, 6.07) is 4.92. The van der Waals surface area contributed by atoms with Gasteiger partial charge in [0.25, 0.3) is 0 Å². The molecule has 2 rings (SSSR count). The van der Waals surface area contributed by atoms with E-state index in [1.165, 1.54) is 6.20 Å². The molecule has 0 saturated carbocycles. The van der Waals surface area contributed by atoms with Crippen molar-refractivity contribution in [2.75, 3.05) is 0 Å². The fraction of sp³-hybridized carbons (Fsp3) is 0.231. The van der Waals surface area contributed by atoms with Crippen molar-refractivity contribution in [1.82, 2.24) is 4.57 Å². The Labute approximate surface area is 108 Å². The summed E-state index contributed by atoms with van der Waals surface area (Å²) in [4.78, 5) is 23.1. The number of benzene rings is 1. The number of carbonyl (C=O) groups is 1. The van der Waals surface area contributed by atoms with Crippen LogP contribution >= 0.6 is 11.6 Å². The quantitative estimate of drug-likeness (QED) is 0.908. The number of nitrogens with zero attached hydrogens (tertiary/aromatic N) is 1. The van der Waals surface area contributed by atoms with E-state index in [9.17, 15) is 9.59 Å². The first-order chi connectivity index (χ1) is 8.43. The summed E-state index contributed by atoms with van der Waals surface area (Å²) in [7, 11) is 0. The molecular formula is C13H12ClNO3. The van der Waals surface area contributed by atoms with Crippen LogP contribution in [0.15, 0.2) is 29.2 Å². The van der Waals surface area contributed by atoms with Crippen LogP contribution in [0.1, 0.15) is 30.2 Å². The summed E-state index contributed by atoms with van der Waals surface area (Å²) >= 11 is 6.10. The number of aromatic carboxylic acids is 1. The molecule has 0 bridgehead atoms. The third-order valence-corrected chi connectivity index (χ3v) is 3.09. The van der Waals surface area contributed by atoms with Gasteiger partial charge in [-0.15, -0.1) is 0 Å². The van der Waals surface area contributed by atoms with Crippen LogP contribution in [0.5, 0.6) is 0 Å². The monoisotopic (exact) mass is 265 g/mol. The molecule has 1 aromatic carbocycles. The van der Waals surface area contributed by atoms with E-state index in [1.54, 1.807) is 22.8 Å². The molecule has 0 spiro atoms. The van der Waals surface area contributed by atoms with Crippen LogP contribution in [0.2, 0.25) is 5.02 Å². The topological polar surface area (TPSA) is 59.3 Å². The van der Waals surface area contributed by atoms with Gasteiger partial charge in [0.05, 0.1) is 10.5 Å². The molecule has 18 heavy (non-hydrogen) atoms. The molecule has 2 aromatic rings. The Balaban J connectivity index is 3.02. The SMILES string of the molecule is CC(C)n1cc(C(=O)O)c(=O)c2cccc(Cl)c21. The lowest BCUT2D eigenvalue weighted by Gasteiger charge is -2.16. The van der Waals surface area contributed by atoms with Gasteiger partial charge in [-0.1, -0.05) is 17.7 Å². The van der Waals surface area contributed by atoms with E-state index in [1.807, 2.05) is 13.8 Å². The van der Waals surface area contributed by atoms with E-state index < -0.39 is 11.4 Å². The fourth-order valence-electron chi connectivity index (χ4n) is 1.93. The summed E-state index contributed by atoms with van der Waals surface area (Å²) in [5.41, 5.74) is -0.167. The Hall–Kier alpha value is -1.81. The van der Waals surface area contributed by atoms with Crippen LogP contribution < -0.4 is 5.43 Å². The molecule has 94 valence electrons. The van der Waals surface area contributed by atoms with Crippen LogP contribution in [0.3, 0.4) is 0 Å². The van der Waals surface area contributed by atoms with Gasteiger partial charge >= 0.3 is 5.97 Å². The predicted molar refractivity (Wildman–Crippen MR) is 70.6 cm³/mol. The van der Waals surface area contributed by atoms with E-state index >= 15 is 0 Å². The molecule has 0 saturated heterocycles. The highest BCUT2D eigenvalue weighted by Crippen LogP contribution is 2.24. The zero-order chi connectivity index (χ0) is 13.4. The molecule has 5 heteroatoms. The summed E-state index contributed by atoms with van der Waals surface area (Å²) < 4.78 is 1.71. The Morgan fingerprint density at radius 2 is 2.06 bits per heavy atom. The second-order valence-electron chi connectivity index (χ2n) is 4.31. The number of pyridine rings is 1. The van der Waals surface area contributed by atoms with Crippen molar-refractivity contribution in [3.05, 3.63) is 45.2 Å². The maximum atomic E-state index is 12.0. The minimum Gasteiger partial charge on any atom is -0.477 e. The molecule has 0 aliphatic rings. The smallest absolute Gasteiger partial charge is 0.341 e. The van der Waals surface area contributed by atoms with Crippen LogP contribution in [0, 0.1) is 0 Å². The zero-order valence-electron chi connectivity index (χ0n) is 9.98. The first kappa shape index (κ1) is 12.6. The molecule has 0 atom stereocenters. The van der Waals surface area contributed by atoms with Gasteiger partial charge < -0.3 is 9.67 Å². The number of hydrogen-bond donors (Lipinski definition) is 1. The average molecular weight is 266 g/mol. The molecule has 0 radical (unpaired) electrons. The van der Waals surface area contributed by atoms with Crippen molar-refractivity contribution in [3.8, 4) is 0 Å². The highest BCUT2D eigenvalue weighted by molar-refractivity contribution is 6.35. The summed E-state index contributed by atoms with van der Waals surface area (Å²) in [6.45, 7) is 3.80. The molecule has 1 aromatic heterocycles. The Morgan fingerprint density at radius 3 is 2.61 bits per heavy atom. The molecule has 4 nitrogen and oxygen atoms in total. The third kappa shape index (κ3) is 1.88. The summed E-state index contributed by atoms with van der Waals surface area (Å²) in [5.74, 6) is -1.23. The summed E-state index contributed by atoms with van der Waals surface area (Å²) in [5, 5.41) is 9.82. The van der Waals surface area contributed by atoms with E-state index in [-0.39, 0.29) is 11.6 Å². The van der Waals surface area contributed by atoms with Crippen molar-refractivity contribution in [2.24, 2.45) is 0 Å². The van der Waals surface area contributed by atoms with Crippen molar-refractivity contribution in [2.45, 2.75) is 19.9 Å². The lowest BCUT2D eigenvalue weighted by atomic mass is 10.1. The number of carboxylic acid groups (broad SMARTS) is 1. The van der Waals surface area contributed by atoms with Crippen LogP contribution in [0.25, 0.3) is 10.9 Å². The zero-order valence-corrected chi connectivity index (χ0v) is 10.7. The van der Waals surface area contributed by atoms with Gasteiger partial charge in [0.1, 0.15) is 5.56 Å². The minimum absolute atomic E-state index is 0.00565. The van der Waals surface area contributed by atoms with Gasteiger partial charge in [0, 0.05) is 17.6 Å². The number of halogens is 1. The van der Waals surface area contributed by atoms with E-state index in [4.69, 9.17) is 16.7 Å². The third-order valence-electron chi connectivity index (χ3n) is 2.79. The minimum atomic E-state index is -1.23. The molecule has 0 fully saturated rings. The summed E-state index contributed by atoms with van der Waals surface area (Å²) in [6.07, 6.45) is 1.35. The fourth-order valence-corrected chi connectivity index (χ4v) is 2.20. The number of fused-ring (bicyclic) bond motifs is 1. The first-order valence-electron chi connectivity index (χ1n) is 5.50. The van der Waals surface area contributed by atoms with Gasteiger partial charge in [-0.2, -0.15) is 0 Å². The highest BCUT2D eigenvalue weighted by atomic mass is 35.5. The maximum Gasteiger partial charge on any atom is 0.341 e. The molecule has 1 N–H and O–H groups in total. The molecule has 0 aliphatic heterocycles. The van der Waals surface area contributed by atoms with Crippen molar-refractivity contribution in [3.63, 3.8) is 0 Å². The molecule has 1 heterocycles. The van der Waals surface area contributed by atoms with Crippen molar-refractivity contribution >= 4 is 28.5 Å². The van der Waals surface area contributed by atoms with Crippen LogP contribution in [0.4, 0.5) is 0 Å². The number of aromatic nitrogens is 1. The normalized spacial score (nSPS) is 11.1. The van der Waals surface area contributed by atoms with Crippen molar-refractivity contribution < 1.29 is 9.90 Å².